The summed E-state index contributed by atoms with van der Waals surface area (Å²) >= 11 is 6.10. The molecule has 2 aromatic carbocycles. The summed E-state index contributed by atoms with van der Waals surface area (Å²) in [4.78, 5) is 0. The van der Waals surface area contributed by atoms with E-state index in [-0.39, 0.29) is 5.82 Å². The van der Waals surface area contributed by atoms with Crippen molar-refractivity contribution in [2.24, 2.45) is 0 Å². The third kappa shape index (κ3) is 2.26. The van der Waals surface area contributed by atoms with E-state index < -0.39 is 5.60 Å². The molecule has 0 aromatic heterocycles. The van der Waals surface area contributed by atoms with E-state index in [1.54, 1.807) is 37.3 Å². The number of aryl methyl sites for hydroxylation is 1. The van der Waals surface area contributed by atoms with Crippen LogP contribution in [-0.4, -0.2) is 5.11 Å². The molecule has 3 heteroatoms. The van der Waals surface area contributed by atoms with E-state index >= 15 is 0 Å². The zero-order chi connectivity index (χ0) is 13.3. The van der Waals surface area contributed by atoms with Crippen LogP contribution in [0.25, 0.3) is 0 Å². The van der Waals surface area contributed by atoms with Gasteiger partial charge in [0.15, 0.2) is 0 Å². The Kier molecular flexibility index (Phi) is 3.42. The minimum atomic E-state index is -1.31. The lowest BCUT2D eigenvalue weighted by molar-refractivity contribution is 0.101. The topological polar surface area (TPSA) is 20.2 Å². The van der Waals surface area contributed by atoms with Crippen LogP contribution in [0, 0.1) is 12.7 Å². The van der Waals surface area contributed by atoms with Gasteiger partial charge in [-0.15, -0.1) is 0 Å². The van der Waals surface area contributed by atoms with Crippen LogP contribution in [0.1, 0.15) is 23.6 Å². The molecule has 0 spiro atoms. The van der Waals surface area contributed by atoms with Gasteiger partial charge in [0.1, 0.15) is 11.4 Å². The molecule has 0 aliphatic rings. The highest BCUT2D eigenvalue weighted by Crippen LogP contribution is 2.35. The molecule has 0 heterocycles. The zero-order valence-corrected chi connectivity index (χ0v) is 11.0. The Balaban J connectivity index is 2.61. The van der Waals surface area contributed by atoms with Crippen LogP contribution in [0.4, 0.5) is 4.39 Å². The van der Waals surface area contributed by atoms with Crippen LogP contribution in [0.5, 0.6) is 0 Å². The molecule has 0 radical (unpaired) electrons. The van der Waals surface area contributed by atoms with E-state index in [1.807, 2.05) is 6.92 Å². The van der Waals surface area contributed by atoms with Crippen LogP contribution in [-0.2, 0) is 5.60 Å². The quantitative estimate of drug-likeness (QED) is 0.868. The predicted molar refractivity (Wildman–Crippen MR) is 71.3 cm³/mol. The highest BCUT2D eigenvalue weighted by Gasteiger charge is 2.29. The van der Waals surface area contributed by atoms with Gasteiger partial charge in [0.2, 0.25) is 0 Å². The molecule has 0 amide bonds. The number of halogens is 2. The minimum absolute atomic E-state index is 0.372. The standard InChI is InChI=1S/C15H14ClFO/c1-10-7-8-11(17)9-13(10)15(2,18)12-5-3-4-6-14(12)16/h3-9,18H,1-2H3. The van der Waals surface area contributed by atoms with Gasteiger partial charge < -0.3 is 5.11 Å². The van der Waals surface area contributed by atoms with Gasteiger partial charge >= 0.3 is 0 Å². The zero-order valence-electron chi connectivity index (χ0n) is 10.2. The average Bonchev–Trinajstić information content (AvgIpc) is 2.32. The predicted octanol–water partition coefficient (Wildman–Crippen LogP) is 4.04. The Hall–Kier alpha value is -1.38. The molecular weight excluding hydrogens is 251 g/mol. The molecule has 2 aromatic rings. The van der Waals surface area contributed by atoms with Gasteiger partial charge in [0.25, 0.3) is 0 Å². The Labute approximate surface area is 111 Å². The maximum absolute atomic E-state index is 13.3. The lowest BCUT2D eigenvalue weighted by Gasteiger charge is -2.27. The van der Waals surface area contributed by atoms with E-state index in [2.05, 4.69) is 0 Å². The van der Waals surface area contributed by atoms with Crippen molar-refractivity contribution in [3.8, 4) is 0 Å². The number of benzene rings is 2. The second-order valence-electron chi connectivity index (χ2n) is 4.51. The molecule has 1 nitrogen and oxygen atoms in total. The lowest BCUT2D eigenvalue weighted by atomic mass is 9.85. The molecular formula is C15H14ClFO. The maximum atomic E-state index is 13.3. The summed E-state index contributed by atoms with van der Waals surface area (Å²) in [7, 11) is 0. The molecule has 18 heavy (non-hydrogen) atoms. The summed E-state index contributed by atoms with van der Waals surface area (Å²) in [6, 6.07) is 11.4. The van der Waals surface area contributed by atoms with Crippen LogP contribution in [0.15, 0.2) is 42.5 Å². The van der Waals surface area contributed by atoms with E-state index in [9.17, 15) is 9.50 Å². The number of aliphatic hydroxyl groups is 1. The van der Waals surface area contributed by atoms with Gasteiger partial charge in [-0.2, -0.15) is 0 Å². The van der Waals surface area contributed by atoms with Crippen LogP contribution in [0.2, 0.25) is 5.02 Å². The van der Waals surface area contributed by atoms with Crippen molar-refractivity contribution in [2.45, 2.75) is 19.4 Å². The molecule has 1 unspecified atom stereocenters. The van der Waals surface area contributed by atoms with Crippen molar-refractivity contribution in [3.63, 3.8) is 0 Å². The summed E-state index contributed by atoms with van der Waals surface area (Å²) in [6.07, 6.45) is 0. The first-order valence-electron chi connectivity index (χ1n) is 5.67. The minimum Gasteiger partial charge on any atom is -0.381 e. The van der Waals surface area contributed by atoms with Crippen molar-refractivity contribution < 1.29 is 9.50 Å². The van der Waals surface area contributed by atoms with Crippen LogP contribution < -0.4 is 0 Å². The van der Waals surface area contributed by atoms with Gasteiger partial charge in [0, 0.05) is 10.6 Å². The highest BCUT2D eigenvalue weighted by molar-refractivity contribution is 6.31. The molecule has 0 saturated carbocycles. The van der Waals surface area contributed by atoms with Gasteiger partial charge in [0.05, 0.1) is 0 Å². The Bertz CT molecular complexity index is 578. The SMILES string of the molecule is Cc1ccc(F)cc1C(C)(O)c1ccccc1Cl. The van der Waals surface area contributed by atoms with Crippen molar-refractivity contribution in [3.05, 3.63) is 70.0 Å². The molecule has 1 atom stereocenters. The first kappa shape index (κ1) is 13.1. The highest BCUT2D eigenvalue weighted by atomic mass is 35.5. The van der Waals surface area contributed by atoms with Gasteiger partial charge in [-0.3, -0.25) is 0 Å². The summed E-state index contributed by atoms with van der Waals surface area (Å²) in [5.74, 6) is -0.372. The van der Waals surface area contributed by atoms with Crippen molar-refractivity contribution in [2.75, 3.05) is 0 Å². The fraction of sp³-hybridized carbons (Fsp3) is 0.200. The smallest absolute Gasteiger partial charge is 0.123 e. The van der Waals surface area contributed by atoms with Crippen LogP contribution in [0.3, 0.4) is 0 Å². The van der Waals surface area contributed by atoms with Crippen LogP contribution >= 0.6 is 11.6 Å². The molecule has 2 rings (SSSR count). The lowest BCUT2D eigenvalue weighted by Crippen LogP contribution is -2.24. The molecule has 0 bridgehead atoms. The van der Waals surface area contributed by atoms with Gasteiger partial charge in [-0.05, 0) is 43.2 Å². The van der Waals surface area contributed by atoms with Crippen molar-refractivity contribution in [1.29, 1.82) is 0 Å². The number of rotatable bonds is 2. The first-order valence-corrected chi connectivity index (χ1v) is 6.04. The van der Waals surface area contributed by atoms with Crippen molar-refractivity contribution in [1.82, 2.24) is 0 Å². The summed E-state index contributed by atoms with van der Waals surface area (Å²) in [5.41, 5.74) is 0.599. The van der Waals surface area contributed by atoms with E-state index in [0.717, 1.165) is 5.56 Å². The average molecular weight is 265 g/mol. The molecule has 94 valence electrons. The fourth-order valence-electron chi connectivity index (χ4n) is 2.12. The van der Waals surface area contributed by atoms with E-state index in [4.69, 9.17) is 11.6 Å². The molecule has 0 saturated heterocycles. The van der Waals surface area contributed by atoms with Crippen molar-refractivity contribution >= 4 is 11.6 Å². The first-order chi connectivity index (χ1) is 8.43. The van der Waals surface area contributed by atoms with E-state index in [0.29, 0.717) is 16.1 Å². The van der Waals surface area contributed by atoms with Gasteiger partial charge in [-0.1, -0.05) is 35.9 Å². The second-order valence-corrected chi connectivity index (χ2v) is 4.92. The summed E-state index contributed by atoms with van der Waals surface area (Å²) in [6.45, 7) is 3.45. The van der Waals surface area contributed by atoms with Gasteiger partial charge in [-0.25, -0.2) is 4.39 Å². The monoisotopic (exact) mass is 264 g/mol. The fourth-order valence-corrected chi connectivity index (χ4v) is 2.44. The Morgan fingerprint density at radius 2 is 1.78 bits per heavy atom. The summed E-state index contributed by atoms with van der Waals surface area (Å²) in [5, 5.41) is 11.2. The second kappa shape index (κ2) is 4.71. The molecule has 1 N–H and O–H groups in total. The largest absolute Gasteiger partial charge is 0.381 e. The molecule has 0 fully saturated rings. The Morgan fingerprint density at radius 1 is 1.11 bits per heavy atom. The molecule has 0 aliphatic carbocycles. The normalized spacial score (nSPS) is 14.3. The van der Waals surface area contributed by atoms with E-state index in [1.165, 1.54) is 12.1 Å². The Morgan fingerprint density at radius 3 is 2.44 bits per heavy atom. The maximum Gasteiger partial charge on any atom is 0.123 e. The summed E-state index contributed by atoms with van der Waals surface area (Å²) < 4.78 is 13.3. The number of hydrogen-bond donors (Lipinski definition) is 1. The number of hydrogen-bond acceptors (Lipinski definition) is 1. The third-order valence-electron chi connectivity index (χ3n) is 3.12. The third-order valence-corrected chi connectivity index (χ3v) is 3.45. The molecule has 0 aliphatic heterocycles.